The summed E-state index contributed by atoms with van der Waals surface area (Å²) in [5.41, 5.74) is 0.732. The van der Waals surface area contributed by atoms with Crippen LogP contribution in [-0.4, -0.2) is 20.3 Å². The van der Waals surface area contributed by atoms with Crippen molar-refractivity contribution in [3.63, 3.8) is 0 Å². The highest BCUT2D eigenvalue weighted by atomic mass is 19.1. The molecule has 2 N–H and O–H groups in total. The topological polar surface area (TPSA) is 86.5 Å². The molecule has 0 atom stereocenters. The number of aromatic hydroxyl groups is 1. The van der Waals surface area contributed by atoms with Crippen LogP contribution in [0.2, 0.25) is 0 Å². The number of azo groups is 1. The second-order valence-electron chi connectivity index (χ2n) is 4.97. The van der Waals surface area contributed by atoms with E-state index in [0.717, 1.165) is 10.8 Å². The molecular formula is C16H10FN5O. The lowest BCUT2D eigenvalue weighted by Gasteiger charge is -1.98. The molecule has 2 aromatic heterocycles. The van der Waals surface area contributed by atoms with E-state index in [-0.39, 0.29) is 11.6 Å². The Kier molecular flexibility index (Phi) is 2.97. The van der Waals surface area contributed by atoms with Crippen LogP contribution in [0.15, 0.2) is 58.9 Å². The molecule has 4 aromatic rings. The molecule has 0 bridgehead atoms. The summed E-state index contributed by atoms with van der Waals surface area (Å²) in [5.74, 6) is -0.270. The molecule has 0 unspecified atom stereocenters. The molecule has 7 heteroatoms. The maximum Gasteiger partial charge on any atom is 0.218 e. The Morgan fingerprint density at radius 1 is 1.04 bits per heavy atom. The summed E-state index contributed by atoms with van der Waals surface area (Å²) >= 11 is 0. The van der Waals surface area contributed by atoms with Crippen LogP contribution >= 0.6 is 0 Å². The molecule has 0 aliphatic heterocycles. The number of fused-ring (bicyclic) bond motifs is 2. The summed E-state index contributed by atoms with van der Waals surface area (Å²) in [6.45, 7) is 0. The minimum absolute atomic E-state index is 0.161. The molecule has 0 saturated carbocycles. The SMILES string of the molecule is Oc1[nH]c2ccc(F)cc2c1N=Nc1nncc2ccccc12. The second kappa shape index (κ2) is 5.13. The molecule has 2 heterocycles. The first kappa shape index (κ1) is 13.3. The molecule has 0 saturated heterocycles. The summed E-state index contributed by atoms with van der Waals surface area (Å²) in [6, 6.07) is 11.6. The van der Waals surface area contributed by atoms with Gasteiger partial charge >= 0.3 is 0 Å². The molecule has 2 aromatic carbocycles. The van der Waals surface area contributed by atoms with Gasteiger partial charge in [-0.25, -0.2) is 4.39 Å². The molecule has 0 radical (unpaired) electrons. The number of halogens is 1. The predicted molar refractivity (Wildman–Crippen MR) is 83.6 cm³/mol. The van der Waals surface area contributed by atoms with Crippen molar-refractivity contribution >= 4 is 33.2 Å². The van der Waals surface area contributed by atoms with Crippen LogP contribution in [0.1, 0.15) is 0 Å². The lowest BCUT2D eigenvalue weighted by molar-refractivity contribution is 0.459. The number of aromatic nitrogens is 3. The third kappa shape index (κ3) is 2.28. The maximum atomic E-state index is 13.4. The minimum Gasteiger partial charge on any atom is -0.493 e. The zero-order valence-electron chi connectivity index (χ0n) is 11.7. The number of aromatic amines is 1. The van der Waals surface area contributed by atoms with E-state index in [4.69, 9.17) is 0 Å². The van der Waals surface area contributed by atoms with Gasteiger partial charge in [-0.15, -0.1) is 15.3 Å². The highest BCUT2D eigenvalue weighted by molar-refractivity contribution is 5.94. The molecule has 0 aliphatic carbocycles. The Hall–Kier alpha value is -3.35. The maximum absolute atomic E-state index is 13.4. The number of rotatable bonds is 2. The molecular weight excluding hydrogens is 297 g/mol. The Morgan fingerprint density at radius 3 is 2.83 bits per heavy atom. The fraction of sp³-hybridized carbons (Fsp3) is 0. The van der Waals surface area contributed by atoms with Gasteiger partial charge in [0.05, 0.1) is 11.7 Å². The first-order valence-corrected chi connectivity index (χ1v) is 6.85. The van der Waals surface area contributed by atoms with Crippen molar-refractivity contribution < 1.29 is 9.50 Å². The molecule has 6 nitrogen and oxygen atoms in total. The molecule has 23 heavy (non-hydrogen) atoms. The first-order chi connectivity index (χ1) is 11.2. The third-order valence-corrected chi connectivity index (χ3v) is 3.51. The van der Waals surface area contributed by atoms with E-state index in [1.165, 1.54) is 18.2 Å². The van der Waals surface area contributed by atoms with Crippen LogP contribution in [0.4, 0.5) is 15.9 Å². The standard InChI is InChI=1S/C16H10FN5O/c17-10-5-6-13-12(7-10)14(16(23)19-13)20-22-15-11-4-2-1-3-9(11)8-18-21-15/h1-8,19,23H. The fourth-order valence-corrected chi connectivity index (χ4v) is 2.42. The van der Waals surface area contributed by atoms with Crippen molar-refractivity contribution in [1.82, 2.24) is 15.2 Å². The van der Waals surface area contributed by atoms with Crippen molar-refractivity contribution in [3.8, 4) is 5.88 Å². The Balaban J connectivity index is 1.85. The lowest BCUT2D eigenvalue weighted by Crippen LogP contribution is -1.82. The van der Waals surface area contributed by atoms with Crippen molar-refractivity contribution in [2.45, 2.75) is 0 Å². The van der Waals surface area contributed by atoms with Gasteiger partial charge in [-0.05, 0) is 18.2 Å². The number of nitrogens with zero attached hydrogens (tertiary/aromatic N) is 4. The first-order valence-electron chi connectivity index (χ1n) is 6.85. The molecule has 112 valence electrons. The van der Waals surface area contributed by atoms with Crippen LogP contribution in [0.25, 0.3) is 21.7 Å². The van der Waals surface area contributed by atoms with Gasteiger partial charge in [-0.3, -0.25) is 0 Å². The number of benzene rings is 2. The zero-order valence-corrected chi connectivity index (χ0v) is 11.7. The highest BCUT2D eigenvalue weighted by Crippen LogP contribution is 2.36. The minimum atomic E-state index is -0.419. The number of hydrogen-bond acceptors (Lipinski definition) is 5. The van der Waals surface area contributed by atoms with Crippen molar-refractivity contribution in [3.05, 3.63) is 54.5 Å². The summed E-state index contributed by atoms with van der Waals surface area (Å²) in [7, 11) is 0. The van der Waals surface area contributed by atoms with E-state index in [0.29, 0.717) is 16.7 Å². The van der Waals surface area contributed by atoms with Gasteiger partial charge in [0.25, 0.3) is 0 Å². The lowest BCUT2D eigenvalue weighted by atomic mass is 10.2. The van der Waals surface area contributed by atoms with E-state index in [2.05, 4.69) is 25.4 Å². The Morgan fingerprint density at radius 2 is 1.91 bits per heavy atom. The van der Waals surface area contributed by atoms with E-state index < -0.39 is 5.82 Å². The molecule has 0 fully saturated rings. The highest BCUT2D eigenvalue weighted by Gasteiger charge is 2.11. The summed E-state index contributed by atoms with van der Waals surface area (Å²) in [4.78, 5) is 2.73. The number of H-pyrrole nitrogens is 1. The van der Waals surface area contributed by atoms with Gasteiger partial charge in [-0.1, -0.05) is 24.3 Å². The van der Waals surface area contributed by atoms with Gasteiger partial charge in [0.15, 0.2) is 5.69 Å². The van der Waals surface area contributed by atoms with Crippen molar-refractivity contribution in [2.75, 3.05) is 0 Å². The largest absolute Gasteiger partial charge is 0.493 e. The van der Waals surface area contributed by atoms with E-state index >= 15 is 0 Å². The molecule has 0 spiro atoms. The van der Waals surface area contributed by atoms with Gasteiger partial charge in [0.1, 0.15) is 5.82 Å². The van der Waals surface area contributed by atoms with Crippen LogP contribution in [0.5, 0.6) is 5.88 Å². The smallest absolute Gasteiger partial charge is 0.218 e. The predicted octanol–water partition coefficient (Wildman–Crippen LogP) is 4.37. The summed E-state index contributed by atoms with van der Waals surface area (Å²) < 4.78 is 13.4. The van der Waals surface area contributed by atoms with Crippen LogP contribution < -0.4 is 0 Å². The van der Waals surface area contributed by atoms with Crippen LogP contribution in [0.3, 0.4) is 0 Å². The van der Waals surface area contributed by atoms with E-state index in [1.807, 2.05) is 24.3 Å². The number of nitrogens with one attached hydrogen (secondary N) is 1. The quantitative estimate of drug-likeness (QED) is 0.539. The monoisotopic (exact) mass is 307 g/mol. The third-order valence-electron chi connectivity index (χ3n) is 3.51. The second-order valence-corrected chi connectivity index (χ2v) is 4.97. The number of hydrogen-bond donors (Lipinski definition) is 2. The van der Waals surface area contributed by atoms with Crippen molar-refractivity contribution in [2.24, 2.45) is 10.2 Å². The molecule has 4 rings (SSSR count). The van der Waals surface area contributed by atoms with Gasteiger partial charge in [0, 0.05) is 16.2 Å². The normalized spacial score (nSPS) is 11.7. The van der Waals surface area contributed by atoms with Crippen LogP contribution in [-0.2, 0) is 0 Å². The fourth-order valence-electron chi connectivity index (χ4n) is 2.42. The average Bonchev–Trinajstić information content (AvgIpc) is 2.87. The molecule has 0 aliphatic rings. The zero-order chi connectivity index (χ0) is 15.8. The average molecular weight is 307 g/mol. The van der Waals surface area contributed by atoms with E-state index in [9.17, 15) is 9.50 Å². The van der Waals surface area contributed by atoms with Gasteiger partial charge in [-0.2, -0.15) is 5.10 Å². The van der Waals surface area contributed by atoms with Gasteiger partial charge < -0.3 is 10.1 Å². The van der Waals surface area contributed by atoms with Gasteiger partial charge in [0.2, 0.25) is 11.7 Å². The Bertz CT molecular complexity index is 1050. The summed E-state index contributed by atoms with van der Waals surface area (Å²) in [5, 5.41) is 28.0. The van der Waals surface area contributed by atoms with Crippen LogP contribution in [0, 0.1) is 5.82 Å². The molecule has 0 amide bonds. The van der Waals surface area contributed by atoms with E-state index in [1.54, 1.807) is 6.20 Å². The Labute approximate surface area is 129 Å². The van der Waals surface area contributed by atoms with Crippen molar-refractivity contribution in [1.29, 1.82) is 0 Å². The summed E-state index contributed by atoms with van der Waals surface area (Å²) in [6.07, 6.45) is 1.63.